The highest BCUT2D eigenvalue weighted by molar-refractivity contribution is 5.87. The number of rotatable bonds is 12. The van der Waals surface area contributed by atoms with E-state index >= 15 is 0 Å². The second kappa shape index (κ2) is 16.4. The number of carbonyl (C=O) groups is 1. The van der Waals surface area contributed by atoms with Gasteiger partial charge in [0, 0.05) is 22.1 Å². The van der Waals surface area contributed by atoms with E-state index in [2.05, 4.69) is 65.4 Å². The van der Waals surface area contributed by atoms with Crippen molar-refractivity contribution in [2.45, 2.75) is 77.6 Å². The zero-order valence-electron chi connectivity index (χ0n) is 26.3. The van der Waals surface area contributed by atoms with Crippen LogP contribution >= 0.6 is 0 Å². The summed E-state index contributed by atoms with van der Waals surface area (Å²) < 4.78 is 0. The van der Waals surface area contributed by atoms with Gasteiger partial charge < -0.3 is 15.1 Å². The highest BCUT2D eigenvalue weighted by atomic mass is 16.4. The summed E-state index contributed by atoms with van der Waals surface area (Å²) in [6, 6.07) is 23.3. The van der Waals surface area contributed by atoms with Crippen LogP contribution in [0.15, 0.2) is 72.8 Å². The lowest BCUT2D eigenvalue weighted by Gasteiger charge is -2.02. The van der Waals surface area contributed by atoms with Crippen molar-refractivity contribution >= 4 is 52.3 Å². The Balaban J connectivity index is 0.000000383. The van der Waals surface area contributed by atoms with Gasteiger partial charge in [0.2, 0.25) is 0 Å². The maximum absolute atomic E-state index is 10.2. The minimum Gasteiger partial charge on any atom is -0.478 e. The highest BCUT2D eigenvalue weighted by Crippen LogP contribution is 2.21. The Bertz CT molecular complexity index is 1780. The molecule has 4 aromatic rings. The van der Waals surface area contributed by atoms with Gasteiger partial charge in [-0.15, -0.1) is 0 Å². The van der Waals surface area contributed by atoms with Gasteiger partial charge in [-0.25, -0.2) is 14.8 Å². The van der Waals surface area contributed by atoms with Gasteiger partial charge in [0.1, 0.15) is 0 Å². The highest BCUT2D eigenvalue weighted by Gasteiger charge is 2.06. The van der Waals surface area contributed by atoms with Gasteiger partial charge in [0.25, 0.3) is 0 Å². The molecular formula is C39H44N4O2. The number of H-pyrrole nitrogens is 2. The molecule has 2 aliphatic rings. The Morgan fingerprint density at radius 3 is 1.76 bits per heavy atom. The van der Waals surface area contributed by atoms with Crippen LogP contribution in [0.25, 0.3) is 46.4 Å². The fourth-order valence-electron chi connectivity index (χ4n) is 5.67. The third-order valence-electron chi connectivity index (χ3n) is 8.07. The topological polar surface area (TPSA) is 94.7 Å². The molecule has 0 unspecified atom stereocenters. The molecule has 3 aromatic heterocycles. The van der Waals surface area contributed by atoms with E-state index in [-0.39, 0.29) is 0 Å². The minimum absolute atomic E-state index is 0.331. The number of unbranched alkanes of at least 4 members (excludes halogenated alkanes) is 9. The predicted octanol–water partition coefficient (Wildman–Crippen LogP) is 10.5. The van der Waals surface area contributed by atoms with Crippen LogP contribution in [0.2, 0.25) is 0 Å². The molecule has 0 fully saturated rings. The van der Waals surface area contributed by atoms with Crippen molar-refractivity contribution in [1.82, 2.24) is 19.9 Å². The predicted molar refractivity (Wildman–Crippen MR) is 188 cm³/mol. The zero-order valence-corrected chi connectivity index (χ0v) is 26.3. The molecule has 0 amide bonds. The second-order valence-electron chi connectivity index (χ2n) is 11.8. The number of fused-ring (bicyclic) bond motifs is 8. The lowest BCUT2D eigenvalue weighted by atomic mass is 10.0. The molecule has 0 saturated heterocycles. The number of aromatic carboxylic acids is 1. The molecule has 0 saturated carbocycles. The monoisotopic (exact) mass is 600 g/mol. The van der Waals surface area contributed by atoms with Crippen LogP contribution in [-0.2, 0) is 6.42 Å². The van der Waals surface area contributed by atoms with E-state index in [4.69, 9.17) is 15.1 Å². The SMILES string of the molecule is CCCCCCCCCCCCc1cc2cc3ccc(cc4nc(cc5nc(cc1[nH]2)C=C5)C=C4)[nH]3.O=C(O)c1ccccc1. The normalized spacial score (nSPS) is 11.8. The number of aromatic amines is 2. The van der Waals surface area contributed by atoms with Crippen molar-refractivity contribution < 1.29 is 9.90 Å². The van der Waals surface area contributed by atoms with E-state index in [0.29, 0.717) is 5.56 Å². The molecule has 6 rings (SSSR count). The molecule has 45 heavy (non-hydrogen) atoms. The fourth-order valence-corrected chi connectivity index (χ4v) is 5.67. The standard InChI is InChI=1S/C32H38N4.C7H6O2/c1-2-3-4-5-6-7-8-9-10-11-12-24-19-31-22-29-16-15-27(34-29)20-25-13-14-26(33-25)21-28-17-18-30(35-28)23-32(24)36-31;8-7(9)6-4-2-1-3-5-6/h13-23,34,36H,2-12H2,1H3;1-5H,(H,8,9). The van der Waals surface area contributed by atoms with Crippen LogP contribution in [0.4, 0.5) is 0 Å². The van der Waals surface area contributed by atoms with Crippen molar-refractivity contribution in [2.75, 3.05) is 0 Å². The Morgan fingerprint density at radius 2 is 1.16 bits per heavy atom. The van der Waals surface area contributed by atoms with Crippen LogP contribution in [0.5, 0.6) is 0 Å². The third kappa shape index (κ3) is 9.90. The molecule has 1 aromatic carbocycles. The van der Waals surface area contributed by atoms with Crippen molar-refractivity contribution in [3.8, 4) is 0 Å². The van der Waals surface area contributed by atoms with E-state index in [1.54, 1.807) is 30.3 Å². The number of carboxylic acid groups (broad SMARTS) is 1. The summed E-state index contributed by atoms with van der Waals surface area (Å²) >= 11 is 0. The van der Waals surface area contributed by atoms with Crippen LogP contribution in [0, 0.1) is 0 Å². The number of carboxylic acids is 1. The van der Waals surface area contributed by atoms with E-state index in [9.17, 15) is 4.79 Å². The van der Waals surface area contributed by atoms with Crippen molar-refractivity contribution in [3.63, 3.8) is 0 Å². The minimum atomic E-state index is -0.879. The fraction of sp³-hybridized carbons (Fsp3) is 0.308. The van der Waals surface area contributed by atoms with Gasteiger partial charge in [0.15, 0.2) is 0 Å². The molecule has 0 aliphatic carbocycles. The average Bonchev–Trinajstić information content (AvgIpc) is 3.85. The number of nitrogens with zero attached hydrogens (tertiary/aromatic N) is 2. The quantitative estimate of drug-likeness (QED) is 0.122. The Kier molecular flexibility index (Phi) is 11.5. The summed E-state index contributed by atoms with van der Waals surface area (Å²) in [5.41, 5.74) is 9.92. The summed E-state index contributed by atoms with van der Waals surface area (Å²) in [5.74, 6) is -0.879. The summed E-state index contributed by atoms with van der Waals surface area (Å²) in [6.07, 6.45) is 22.9. The van der Waals surface area contributed by atoms with Crippen LogP contribution in [0.3, 0.4) is 0 Å². The van der Waals surface area contributed by atoms with Crippen molar-refractivity contribution in [1.29, 1.82) is 0 Å². The number of aromatic nitrogens is 4. The molecule has 0 radical (unpaired) electrons. The summed E-state index contributed by atoms with van der Waals surface area (Å²) in [6.45, 7) is 2.28. The Morgan fingerprint density at radius 1 is 0.600 bits per heavy atom. The lowest BCUT2D eigenvalue weighted by molar-refractivity contribution is 0.0697. The van der Waals surface area contributed by atoms with Crippen LogP contribution < -0.4 is 0 Å². The zero-order chi connectivity index (χ0) is 31.3. The van der Waals surface area contributed by atoms with E-state index in [1.807, 2.05) is 18.2 Å². The number of hydrogen-bond donors (Lipinski definition) is 3. The van der Waals surface area contributed by atoms with E-state index in [1.165, 1.54) is 75.3 Å². The molecule has 5 heterocycles. The molecule has 0 spiro atoms. The molecule has 2 aliphatic heterocycles. The molecule has 6 heteroatoms. The molecular weight excluding hydrogens is 556 g/mol. The summed E-state index contributed by atoms with van der Waals surface area (Å²) in [7, 11) is 0. The number of hydrogen-bond acceptors (Lipinski definition) is 3. The van der Waals surface area contributed by atoms with Gasteiger partial charge in [-0.2, -0.15) is 0 Å². The second-order valence-corrected chi connectivity index (χ2v) is 11.8. The number of nitrogens with one attached hydrogen (secondary N) is 2. The average molecular weight is 601 g/mol. The molecule has 6 nitrogen and oxygen atoms in total. The van der Waals surface area contributed by atoms with E-state index in [0.717, 1.165) is 45.7 Å². The van der Waals surface area contributed by atoms with Gasteiger partial charge in [-0.3, -0.25) is 0 Å². The Labute approximate surface area is 266 Å². The lowest BCUT2D eigenvalue weighted by Crippen LogP contribution is -1.93. The summed E-state index contributed by atoms with van der Waals surface area (Å²) in [5, 5.41) is 8.38. The maximum Gasteiger partial charge on any atom is 0.335 e. The smallest absolute Gasteiger partial charge is 0.335 e. The van der Waals surface area contributed by atoms with Gasteiger partial charge >= 0.3 is 5.97 Å². The van der Waals surface area contributed by atoms with Crippen LogP contribution in [-0.4, -0.2) is 31.0 Å². The first-order chi connectivity index (χ1) is 22.1. The maximum atomic E-state index is 10.2. The first-order valence-corrected chi connectivity index (χ1v) is 16.4. The van der Waals surface area contributed by atoms with Crippen molar-refractivity contribution in [2.24, 2.45) is 0 Å². The number of aryl methyl sites for hydroxylation is 1. The first-order valence-electron chi connectivity index (χ1n) is 16.4. The molecule has 232 valence electrons. The molecule has 0 atom stereocenters. The number of benzene rings is 1. The Hall–Kier alpha value is -4.71. The van der Waals surface area contributed by atoms with Crippen molar-refractivity contribution in [3.05, 3.63) is 107 Å². The molecule has 3 N–H and O–H groups in total. The van der Waals surface area contributed by atoms with Gasteiger partial charge in [-0.1, -0.05) is 82.9 Å². The molecule has 8 bridgehead atoms. The summed E-state index contributed by atoms with van der Waals surface area (Å²) in [4.78, 5) is 26.9. The first kappa shape index (κ1) is 31.7. The third-order valence-corrected chi connectivity index (χ3v) is 8.07. The largest absolute Gasteiger partial charge is 0.478 e. The van der Waals surface area contributed by atoms with Gasteiger partial charge in [-0.05, 0) is 97.3 Å². The van der Waals surface area contributed by atoms with Gasteiger partial charge in [0.05, 0.1) is 28.3 Å². The van der Waals surface area contributed by atoms with Crippen LogP contribution in [0.1, 0.15) is 110 Å². The van der Waals surface area contributed by atoms with E-state index < -0.39 is 5.97 Å².